The molecule has 1 heterocycles. The van der Waals surface area contributed by atoms with Crippen LogP contribution in [0, 0.1) is 13.8 Å². The molecular formula is C16H26N2O2S. The molecule has 0 aliphatic heterocycles. The molecule has 0 saturated carbocycles. The molecular weight excluding hydrogens is 284 g/mol. The van der Waals surface area contributed by atoms with Crippen LogP contribution in [0.1, 0.15) is 45.4 Å². The lowest BCUT2D eigenvalue weighted by Gasteiger charge is -2.31. The molecule has 0 fully saturated rings. The van der Waals surface area contributed by atoms with E-state index < -0.39 is 11.5 Å². The molecule has 0 aliphatic rings. The van der Waals surface area contributed by atoms with Gasteiger partial charge in [-0.2, -0.15) is 0 Å². The van der Waals surface area contributed by atoms with Crippen molar-refractivity contribution in [3.63, 3.8) is 0 Å². The predicted octanol–water partition coefficient (Wildman–Crippen LogP) is 3.41. The first-order valence-corrected chi connectivity index (χ1v) is 8.13. The number of carbonyl (C=O) groups is 1. The van der Waals surface area contributed by atoms with Crippen LogP contribution in [0.5, 0.6) is 0 Å². The van der Waals surface area contributed by atoms with Crippen molar-refractivity contribution < 1.29 is 9.90 Å². The van der Waals surface area contributed by atoms with Crippen molar-refractivity contribution in [1.29, 1.82) is 0 Å². The number of rotatable bonds is 7. The van der Waals surface area contributed by atoms with Crippen molar-refractivity contribution in [2.45, 2.75) is 69.8 Å². The van der Waals surface area contributed by atoms with Crippen molar-refractivity contribution >= 4 is 17.7 Å². The molecule has 0 aromatic carbocycles. The van der Waals surface area contributed by atoms with Gasteiger partial charge < -0.3 is 5.11 Å². The Bertz CT molecular complexity index is 485. The van der Waals surface area contributed by atoms with Gasteiger partial charge in [0.1, 0.15) is 5.54 Å². The highest BCUT2D eigenvalue weighted by Crippen LogP contribution is 2.28. The molecule has 21 heavy (non-hydrogen) atoms. The quantitative estimate of drug-likeness (QED) is 0.756. The highest BCUT2D eigenvalue weighted by atomic mass is 32.2. The van der Waals surface area contributed by atoms with E-state index in [2.05, 4.69) is 10.3 Å². The number of hydrogen-bond acceptors (Lipinski definition) is 4. The van der Waals surface area contributed by atoms with Crippen LogP contribution in [0.15, 0.2) is 17.2 Å². The number of carboxylic acid groups (broad SMARTS) is 1. The van der Waals surface area contributed by atoms with Crippen molar-refractivity contribution in [3.8, 4) is 0 Å². The first-order valence-electron chi connectivity index (χ1n) is 7.25. The normalized spacial score (nSPS) is 15.8. The summed E-state index contributed by atoms with van der Waals surface area (Å²) in [6.07, 6.45) is 0.542. The number of aromatic nitrogens is 1. The van der Waals surface area contributed by atoms with Crippen LogP contribution in [0.3, 0.4) is 0 Å². The number of nitrogens with one attached hydrogen (secondary N) is 1. The van der Waals surface area contributed by atoms with Gasteiger partial charge in [-0.15, -0.1) is 11.8 Å². The first kappa shape index (κ1) is 18.0. The molecule has 5 heteroatoms. The summed E-state index contributed by atoms with van der Waals surface area (Å²) in [6, 6.07) is 4.21. The van der Waals surface area contributed by atoms with Crippen molar-refractivity contribution in [2.24, 2.45) is 0 Å². The molecule has 2 N–H and O–H groups in total. The largest absolute Gasteiger partial charge is 0.480 e. The maximum absolute atomic E-state index is 11.6. The van der Waals surface area contributed by atoms with E-state index in [0.29, 0.717) is 6.42 Å². The van der Waals surface area contributed by atoms with E-state index in [-0.39, 0.29) is 11.3 Å². The molecule has 0 spiro atoms. The predicted molar refractivity (Wildman–Crippen MR) is 88.0 cm³/mol. The Labute approximate surface area is 131 Å². The van der Waals surface area contributed by atoms with E-state index in [4.69, 9.17) is 0 Å². The molecule has 2 atom stereocenters. The fraction of sp³-hybridized carbons (Fsp3) is 0.625. The van der Waals surface area contributed by atoms with Gasteiger partial charge in [-0.1, -0.05) is 6.92 Å². The Balaban J connectivity index is 2.78. The van der Waals surface area contributed by atoms with Crippen LogP contribution >= 0.6 is 11.8 Å². The standard InChI is InChI=1S/C16H26N2O2S/c1-10(2)18-16(6,15(19)20)9-13(5)21-14-8-11(3)7-12(4)17-14/h7-8,10,13,18H,9H2,1-6H3,(H,19,20). The van der Waals surface area contributed by atoms with Gasteiger partial charge in [0.05, 0.1) is 5.03 Å². The second-order valence-electron chi connectivity index (χ2n) is 6.19. The van der Waals surface area contributed by atoms with Gasteiger partial charge in [0.2, 0.25) is 0 Å². The van der Waals surface area contributed by atoms with Crippen LogP contribution in [0.25, 0.3) is 0 Å². The molecule has 0 saturated heterocycles. The minimum atomic E-state index is -0.917. The average molecular weight is 310 g/mol. The third kappa shape index (κ3) is 5.67. The zero-order valence-corrected chi connectivity index (χ0v) is 14.5. The Morgan fingerprint density at radius 1 is 1.38 bits per heavy atom. The van der Waals surface area contributed by atoms with Gasteiger partial charge in [0.15, 0.2) is 0 Å². The number of carboxylic acids is 1. The summed E-state index contributed by atoms with van der Waals surface area (Å²) in [6.45, 7) is 11.7. The Morgan fingerprint density at radius 2 is 2.00 bits per heavy atom. The fourth-order valence-corrected chi connectivity index (χ4v) is 3.81. The van der Waals surface area contributed by atoms with Crippen molar-refractivity contribution in [2.75, 3.05) is 0 Å². The summed E-state index contributed by atoms with van der Waals surface area (Å²) >= 11 is 1.63. The SMILES string of the molecule is Cc1cc(C)nc(SC(C)CC(C)(NC(C)C)C(=O)O)c1. The molecule has 0 radical (unpaired) electrons. The van der Waals surface area contributed by atoms with Crippen LogP contribution < -0.4 is 5.32 Å². The Morgan fingerprint density at radius 3 is 2.48 bits per heavy atom. The fourth-order valence-electron chi connectivity index (χ4n) is 2.53. The monoisotopic (exact) mass is 310 g/mol. The van der Waals surface area contributed by atoms with Gasteiger partial charge in [0.25, 0.3) is 0 Å². The summed E-state index contributed by atoms with van der Waals surface area (Å²) < 4.78 is 0. The number of thioether (sulfide) groups is 1. The smallest absolute Gasteiger partial charge is 0.323 e. The summed E-state index contributed by atoms with van der Waals surface area (Å²) in [4.78, 5) is 16.1. The van der Waals surface area contributed by atoms with E-state index in [0.717, 1.165) is 10.7 Å². The molecule has 4 nitrogen and oxygen atoms in total. The van der Waals surface area contributed by atoms with Crippen LogP contribution in [-0.2, 0) is 4.79 Å². The van der Waals surface area contributed by atoms with E-state index in [1.165, 1.54) is 5.56 Å². The topological polar surface area (TPSA) is 62.2 Å². The third-order valence-corrected chi connectivity index (χ3v) is 4.19. The van der Waals surface area contributed by atoms with Crippen LogP contribution in [0.2, 0.25) is 0 Å². The van der Waals surface area contributed by atoms with E-state index in [9.17, 15) is 9.90 Å². The molecule has 2 unspecified atom stereocenters. The molecule has 1 aromatic heterocycles. The number of aryl methyl sites for hydroxylation is 2. The van der Waals surface area contributed by atoms with Gasteiger partial charge in [0, 0.05) is 17.0 Å². The molecule has 0 aliphatic carbocycles. The van der Waals surface area contributed by atoms with Crippen LogP contribution in [-0.4, -0.2) is 32.9 Å². The van der Waals surface area contributed by atoms with E-state index in [1.807, 2.05) is 46.8 Å². The van der Waals surface area contributed by atoms with Gasteiger partial charge in [-0.05, 0) is 58.7 Å². The van der Waals surface area contributed by atoms with E-state index >= 15 is 0 Å². The maximum Gasteiger partial charge on any atom is 0.323 e. The lowest BCUT2D eigenvalue weighted by atomic mass is 9.95. The second kappa shape index (κ2) is 7.27. The zero-order chi connectivity index (χ0) is 16.2. The number of hydrogen-bond donors (Lipinski definition) is 2. The second-order valence-corrected chi connectivity index (χ2v) is 7.65. The highest BCUT2D eigenvalue weighted by Gasteiger charge is 2.35. The molecule has 118 valence electrons. The lowest BCUT2D eigenvalue weighted by molar-refractivity contribution is -0.144. The van der Waals surface area contributed by atoms with Gasteiger partial charge >= 0.3 is 5.97 Å². The van der Waals surface area contributed by atoms with Crippen molar-refractivity contribution in [3.05, 3.63) is 23.4 Å². The highest BCUT2D eigenvalue weighted by molar-refractivity contribution is 7.99. The first-order chi connectivity index (χ1) is 9.62. The third-order valence-electron chi connectivity index (χ3n) is 3.17. The van der Waals surface area contributed by atoms with Gasteiger partial charge in [-0.25, -0.2) is 4.98 Å². The number of aliphatic carboxylic acids is 1. The number of nitrogens with zero attached hydrogens (tertiary/aromatic N) is 1. The van der Waals surface area contributed by atoms with Gasteiger partial charge in [-0.3, -0.25) is 10.1 Å². The van der Waals surface area contributed by atoms with Crippen molar-refractivity contribution in [1.82, 2.24) is 10.3 Å². The van der Waals surface area contributed by atoms with E-state index in [1.54, 1.807) is 18.7 Å². The Kier molecular flexibility index (Phi) is 6.23. The molecule has 1 aromatic rings. The summed E-state index contributed by atoms with van der Waals surface area (Å²) in [5.74, 6) is -0.808. The summed E-state index contributed by atoms with van der Waals surface area (Å²) in [5, 5.41) is 13.8. The molecule has 0 amide bonds. The molecule has 1 rings (SSSR count). The minimum Gasteiger partial charge on any atom is -0.480 e. The Hall–Kier alpha value is -1.07. The summed E-state index contributed by atoms with van der Waals surface area (Å²) in [7, 11) is 0. The zero-order valence-electron chi connectivity index (χ0n) is 13.7. The molecule has 0 bridgehead atoms. The minimum absolute atomic E-state index is 0.127. The number of pyridine rings is 1. The average Bonchev–Trinajstić information content (AvgIpc) is 2.24. The lowest BCUT2D eigenvalue weighted by Crippen LogP contribution is -2.53. The van der Waals surface area contributed by atoms with Crippen LogP contribution in [0.4, 0.5) is 0 Å². The maximum atomic E-state index is 11.6. The summed E-state index contributed by atoms with van der Waals surface area (Å²) in [5.41, 5.74) is 1.25.